The molecule has 32 heavy (non-hydrogen) atoms. The van der Waals surface area contributed by atoms with E-state index in [0.717, 1.165) is 63.0 Å². The van der Waals surface area contributed by atoms with Crippen molar-refractivity contribution in [2.75, 3.05) is 33.3 Å². The summed E-state index contributed by atoms with van der Waals surface area (Å²) in [7, 11) is 1.59. The SMILES string of the molecule is COc1cc(-c2cnn(C3CCN(C(=O)C4CCNCC4)CC3)c2)cn2ncc(C#N)c12. The Hall–Kier alpha value is -3.38. The van der Waals surface area contributed by atoms with E-state index in [1.165, 1.54) is 0 Å². The fourth-order valence-corrected chi connectivity index (χ4v) is 4.84. The van der Waals surface area contributed by atoms with E-state index < -0.39 is 0 Å². The zero-order chi connectivity index (χ0) is 22.1. The minimum atomic E-state index is 0.179. The number of ether oxygens (including phenoxy) is 1. The Morgan fingerprint density at radius 2 is 1.91 bits per heavy atom. The minimum absolute atomic E-state index is 0.179. The number of carbonyl (C=O) groups excluding carboxylic acids is 1. The number of pyridine rings is 1. The lowest BCUT2D eigenvalue weighted by Gasteiger charge is -2.35. The van der Waals surface area contributed by atoms with E-state index in [0.29, 0.717) is 22.7 Å². The first-order chi connectivity index (χ1) is 15.7. The van der Waals surface area contributed by atoms with Gasteiger partial charge in [0, 0.05) is 42.5 Å². The van der Waals surface area contributed by atoms with Crippen LogP contribution in [0.3, 0.4) is 0 Å². The van der Waals surface area contributed by atoms with Crippen molar-refractivity contribution in [1.29, 1.82) is 5.26 Å². The molecule has 3 aromatic heterocycles. The molecule has 0 aliphatic carbocycles. The third-order valence-electron chi connectivity index (χ3n) is 6.69. The van der Waals surface area contributed by atoms with E-state index in [-0.39, 0.29) is 12.0 Å². The highest BCUT2D eigenvalue weighted by Crippen LogP contribution is 2.31. The van der Waals surface area contributed by atoms with Crippen LogP contribution in [0.2, 0.25) is 0 Å². The number of likely N-dealkylation sites (tertiary alicyclic amines) is 1. The molecule has 2 fully saturated rings. The maximum absolute atomic E-state index is 12.8. The zero-order valence-corrected chi connectivity index (χ0v) is 18.2. The summed E-state index contributed by atoms with van der Waals surface area (Å²) < 4.78 is 9.21. The molecule has 0 aromatic carbocycles. The van der Waals surface area contributed by atoms with Crippen molar-refractivity contribution >= 4 is 11.4 Å². The number of hydrogen-bond donors (Lipinski definition) is 1. The van der Waals surface area contributed by atoms with E-state index in [4.69, 9.17) is 4.74 Å². The molecule has 0 unspecified atom stereocenters. The smallest absolute Gasteiger partial charge is 0.225 e. The number of amides is 1. The number of nitriles is 1. The van der Waals surface area contributed by atoms with Gasteiger partial charge in [-0.05, 0) is 44.8 Å². The highest BCUT2D eigenvalue weighted by atomic mass is 16.5. The van der Waals surface area contributed by atoms with Gasteiger partial charge in [-0.15, -0.1) is 0 Å². The largest absolute Gasteiger partial charge is 0.494 e. The van der Waals surface area contributed by atoms with Gasteiger partial charge in [0.1, 0.15) is 22.9 Å². The van der Waals surface area contributed by atoms with Crippen LogP contribution in [0, 0.1) is 17.2 Å². The van der Waals surface area contributed by atoms with Crippen LogP contribution < -0.4 is 10.1 Å². The van der Waals surface area contributed by atoms with Gasteiger partial charge in [0.25, 0.3) is 0 Å². The second kappa shape index (κ2) is 8.63. The summed E-state index contributed by atoms with van der Waals surface area (Å²) in [5.41, 5.74) is 3.03. The number of piperidine rings is 2. The van der Waals surface area contributed by atoms with Gasteiger partial charge in [0.2, 0.25) is 5.91 Å². The van der Waals surface area contributed by atoms with E-state index in [1.807, 2.05) is 34.2 Å². The molecule has 2 aliphatic rings. The van der Waals surface area contributed by atoms with Gasteiger partial charge in [-0.2, -0.15) is 15.5 Å². The molecule has 0 saturated carbocycles. The molecule has 166 valence electrons. The van der Waals surface area contributed by atoms with Crippen molar-refractivity contribution in [2.45, 2.75) is 31.7 Å². The number of methoxy groups -OCH3 is 1. The first-order valence-electron chi connectivity index (χ1n) is 11.2. The van der Waals surface area contributed by atoms with Crippen LogP contribution in [0.15, 0.2) is 30.9 Å². The van der Waals surface area contributed by atoms with Crippen LogP contribution in [-0.2, 0) is 4.79 Å². The van der Waals surface area contributed by atoms with Crippen molar-refractivity contribution in [1.82, 2.24) is 29.6 Å². The normalized spacial score (nSPS) is 18.1. The molecule has 9 heteroatoms. The van der Waals surface area contributed by atoms with Gasteiger partial charge >= 0.3 is 0 Å². The molecule has 2 saturated heterocycles. The molecule has 0 bridgehead atoms. The van der Waals surface area contributed by atoms with Crippen LogP contribution in [0.1, 0.15) is 37.3 Å². The number of aromatic nitrogens is 4. The summed E-state index contributed by atoms with van der Waals surface area (Å²) in [5.74, 6) is 1.11. The Kier molecular flexibility index (Phi) is 5.53. The number of nitrogens with zero attached hydrogens (tertiary/aromatic N) is 6. The van der Waals surface area contributed by atoms with Crippen molar-refractivity contribution in [3.8, 4) is 22.9 Å². The predicted molar refractivity (Wildman–Crippen MR) is 118 cm³/mol. The predicted octanol–water partition coefficient (Wildman–Crippen LogP) is 2.24. The van der Waals surface area contributed by atoms with E-state index in [2.05, 4.69) is 21.6 Å². The Labute approximate surface area is 186 Å². The number of hydrogen-bond acceptors (Lipinski definition) is 6. The number of nitrogens with one attached hydrogen (secondary N) is 1. The average molecular weight is 434 g/mol. The lowest BCUT2D eigenvalue weighted by Crippen LogP contribution is -2.44. The Bertz CT molecular complexity index is 1160. The van der Waals surface area contributed by atoms with Crippen LogP contribution in [-0.4, -0.2) is 63.5 Å². The average Bonchev–Trinajstić information content (AvgIpc) is 3.51. The molecule has 5 rings (SSSR count). The quantitative estimate of drug-likeness (QED) is 0.677. The van der Waals surface area contributed by atoms with Crippen LogP contribution in [0.4, 0.5) is 0 Å². The summed E-state index contributed by atoms with van der Waals surface area (Å²) in [6.45, 7) is 3.45. The van der Waals surface area contributed by atoms with Gasteiger partial charge in [0.05, 0.1) is 25.5 Å². The third kappa shape index (κ3) is 3.71. The molecule has 2 aliphatic heterocycles. The fraction of sp³-hybridized carbons (Fsp3) is 0.478. The number of fused-ring (bicyclic) bond motifs is 1. The molecule has 1 amide bonds. The molecule has 0 spiro atoms. The van der Waals surface area contributed by atoms with Crippen molar-refractivity contribution < 1.29 is 9.53 Å². The Morgan fingerprint density at radius 3 is 2.62 bits per heavy atom. The van der Waals surface area contributed by atoms with Crippen LogP contribution in [0.5, 0.6) is 5.75 Å². The van der Waals surface area contributed by atoms with Crippen molar-refractivity contribution in [3.05, 3.63) is 36.4 Å². The molecular formula is C23H27N7O2. The van der Waals surface area contributed by atoms with Crippen LogP contribution in [0.25, 0.3) is 16.6 Å². The molecule has 0 radical (unpaired) electrons. The Balaban J connectivity index is 1.29. The molecule has 3 aromatic rings. The second-order valence-electron chi connectivity index (χ2n) is 8.55. The molecule has 0 atom stereocenters. The van der Waals surface area contributed by atoms with Crippen molar-refractivity contribution in [3.63, 3.8) is 0 Å². The van der Waals surface area contributed by atoms with E-state index in [9.17, 15) is 10.1 Å². The highest BCUT2D eigenvalue weighted by Gasteiger charge is 2.30. The summed E-state index contributed by atoms with van der Waals surface area (Å²) in [4.78, 5) is 14.9. The number of carbonyl (C=O) groups is 1. The van der Waals surface area contributed by atoms with Gasteiger partial charge in [-0.1, -0.05) is 0 Å². The summed E-state index contributed by atoms with van der Waals surface area (Å²) in [6.07, 6.45) is 11.0. The standard InChI is InChI=1S/C23H27N7O2/c1-32-21-10-17(14-30-22(21)18(11-24)12-27-30)19-13-26-29(15-19)20-4-8-28(9-5-20)23(31)16-2-6-25-7-3-16/h10,12-16,20,25H,2-9H2,1H3. The lowest BCUT2D eigenvalue weighted by molar-refractivity contribution is -0.137. The zero-order valence-electron chi connectivity index (χ0n) is 18.2. The maximum Gasteiger partial charge on any atom is 0.225 e. The van der Waals surface area contributed by atoms with Crippen molar-refractivity contribution in [2.24, 2.45) is 5.92 Å². The molecular weight excluding hydrogens is 406 g/mol. The van der Waals surface area contributed by atoms with E-state index in [1.54, 1.807) is 17.8 Å². The summed E-state index contributed by atoms with van der Waals surface area (Å²) in [6, 6.07) is 4.35. The topological polar surface area (TPSA) is 100 Å². The fourth-order valence-electron chi connectivity index (χ4n) is 4.84. The number of rotatable bonds is 4. The third-order valence-corrected chi connectivity index (χ3v) is 6.69. The molecule has 9 nitrogen and oxygen atoms in total. The van der Waals surface area contributed by atoms with Crippen LogP contribution >= 0.6 is 0 Å². The summed E-state index contributed by atoms with van der Waals surface area (Å²) >= 11 is 0. The monoisotopic (exact) mass is 433 g/mol. The highest BCUT2D eigenvalue weighted by molar-refractivity contribution is 5.79. The first kappa shape index (κ1) is 20.5. The van der Waals surface area contributed by atoms with E-state index >= 15 is 0 Å². The minimum Gasteiger partial charge on any atom is -0.494 e. The van der Waals surface area contributed by atoms with Gasteiger partial charge in [-0.3, -0.25) is 9.48 Å². The molecule has 1 N–H and O–H groups in total. The second-order valence-corrected chi connectivity index (χ2v) is 8.55. The maximum atomic E-state index is 12.8. The van der Waals surface area contributed by atoms with Gasteiger partial charge < -0.3 is 15.0 Å². The lowest BCUT2D eigenvalue weighted by atomic mass is 9.95. The van der Waals surface area contributed by atoms with Gasteiger partial charge in [-0.25, -0.2) is 4.52 Å². The first-order valence-corrected chi connectivity index (χ1v) is 11.2. The summed E-state index contributed by atoms with van der Waals surface area (Å²) in [5, 5.41) is 21.5. The van der Waals surface area contributed by atoms with Gasteiger partial charge in [0.15, 0.2) is 0 Å². The Morgan fingerprint density at radius 1 is 1.12 bits per heavy atom. The molecule has 5 heterocycles.